The van der Waals surface area contributed by atoms with Crippen molar-refractivity contribution in [1.82, 2.24) is 20.1 Å². The van der Waals surface area contributed by atoms with E-state index < -0.39 is 0 Å². The van der Waals surface area contributed by atoms with E-state index in [1.54, 1.807) is 11.3 Å². The maximum Gasteiger partial charge on any atom is 0.225 e. The summed E-state index contributed by atoms with van der Waals surface area (Å²) in [6, 6.07) is 0. The maximum atomic E-state index is 12.3. The molecule has 3 rings (SSSR count). The smallest absolute Gasteiger partial charge is 0.225 e. The molecular weight excluding hydrogens is 300 g/mol. The summed E-state index contributed by atoms with van der Waals surface area (Å²) >= 11 is 1.70. The van der Waals surface area contributed by atoms with Crippen LogP contribution >= 0.6 is 11.3 Å². The highest BCUT2D eigenvalue weighted by Crippen LogP contribution is 2.13. The maximum absolute atomic E-state index is 12.3. The Bertz CT molecular complexity index is 493. The number of piperazine rings is 1. The predicted octanol–water partition coefficient (Wildman–Crippen LogP) is 0.474. The number of hydrogen-bond donors (Lipinski definition) is 1. The number of morpholine rings is 1. The van der Waals surface area contributed by atoms with Crippen LogP contribution in [-0.4, -0.2) is 72.7 Å². The molecule has 6 nitrogen and oxygen atoms in total. The van der Waals surface area contributed by atoms with Crippen molar-refractivity contribution in [3.8, 4) is 0 Å². The van der Waals surface area contributed by atoms with Crippen molar-refractivity contribution in [3.05, 3.63) is 16.1 Å². The van der Waals surface area contributed by atoms with Gasteiger partial charge in [0.2, 0.25) is 5.91 Å². The first kappa shape index (κ1) is 15.9. The van der Waals surface area contributed by atoms with Crippen LogP contribution in [0.5, 0.6) is 0 Å². The molecular formula is C15H24N4O2S. The Morgan fingerprint density at radius 1 is 1.45 bits per heavy atom. The van der Waals surface area contributed by atoms with Gasteiger partial charge in [0.1, 0.15) is 0 Å². The lowest BCUT2D eigenvalue weighted by molar-refractivity contribution is -0.136. The molecule has 122 valence electrons. The summed E-state index contributed by atoms with van der Waals surface area (Å²) in [5, 5.41) is 6.51. The second-order valence-electron chi connectivity index (χ2n) is 5.92. The molecule has 1 aromatic heterocycles. The van der Waals surface area contributed by atoms with Crippen molar-refractivity contribution < 1.29 is 9.53 Å². The van der Waals surface area contributed by atoms with Crippen molar-refractivity contribution in [2.24, 2.45) is 0 Å². The normalized spacial score (nSPS) is 23.7. The number of nitrogens with one attached hydrogen (secondary N) is 1. The van der Waals surface area contributed by atoms with Gasteiger partial charge in [0.25, 0.3) is 0 Å². The summed E-state index contributed by atoms with van der Waals surface area (Å²) in [4.78, 5) is 21.2. The molecule has 0 radical (unpaired) electrons. The van der Waals surface area contributed by atoms with Crippen molar-refractivity contribution >= 4 is 17.2 Å². The Balaban J connectivity index is 1.41. The van der Waals surface area contributed by atoms with E-state index in [4.69, 9.17) is 4.74 Å². The quantitative estimate of drug-likeness (QED) is 0.873. The largest absolute Gasteiger partial charge is 0.375 e. The monoisotopic (exact) mass is 324 g/mol. The van der Waals surface area contributed by atoms with Gasteiger partial charge in [-0.05, 0) is 6.92 Å². The number of ether oxygens (including phenoxy) is 1. The van der Waals surface area contributed by atoms with Crippen molar-refractivity contribution in [3.63, 3.8) is 0 Å². The molecule has 2 aliphatic heterocycles. The highest BCUT2D eigenvalue weighted by atomic mass is 32.1. The van der Waals surface area contributed by atoms with E-state index in [9.17, 15) is 4.79 Å². The molecule has 22 heavy (non-hydrogen) atoms. The lowest BCUT2D eigenvalue weighted by Crippen LogP contribution is -2.50. The highest BCUT2D eigenvalue weighted by molar-refractivity contribution is 7.09. The molecule has 0 saturated carbocycles. The van der Waals surface area contributed by atoms with Crippen LogP contribution in [0.2, 0.25) is 0 Å². The van der Waals surface area contributed by atoms with Crippen LogP contribution < -0.4 is 5.32 Å². The first-order valence-corrected chi connectivity index (χ1v) is 8.82. The van der Waals surface area contributed by atoms with Crippen LogP contribution in [0.4, 0.5) is 0 Å². The Hall–Kier alpha value is -1.02. The molecule has 0 bridgehead atoms. The standard InChI is InChI=1S/C15H24N4O2S/c1-12-17-13(11-22-12)10-18-3-5-19(6-4-18)15(20)8-14-9-16-2-7-21-14/h11,14,16H,2-10H2,1H3. The number of carbonyl (C=O) groups is 1. The van der Waals surface area contributed by atoms with Crippen LogP contribution in [0.25, 0.3) is 0 Å². The fourth-order valence-electron chi connectivity index (χ4n) is 2.94. The number of aromatic nitrogens is 1. The third-order valence-corrected chi connectivity index (χ3v) is 5.01. The molecule has 1 aromatic rings. The third kappa shape index (κ3) is 4.25. The predicted molar refractivity (Wildman–Crippen MR) is 85.9 cm³/mol. The zero-order valence-electron chi connectivity index (χ0n) is 13.1. The molecule has 1 amide bonds. The Labute approximate surface area is 135 Å². The van der Waals surface area contributed by atoms with E-state index in [1.807, 2.05) is 11.8 Å². The number of thiazole rings is 1. The molecule has 2 fully saturated rings. The summed E-state index contributed by atoms with van der Waals surface area (Å²) in [7, 11) is 0. The summed E-state index contributed by atoms with van der Waals surface area (Å²) < 4.78 is 5.61. The first-order valence-electron chi connectivity index (χ1n) is 7.94. The third-order valence-electron chi connectivity index (χ3n) is 4.18. The molecule has 1 unspecified atom stereocenters. The lowest BCUT2D eigenvalue weighted by atomic mass is 10.2. The average Bonchev–Trinajstić information content (AvgIpc) is 2.94. The molecule has 3 heterocycles. The first-order chi connectivity index (χ1) is 10.7. The van der Waals surface area contributed by atoms with Gasteiger partial charge in [-0.25, -0.2) is 4.98 Å². The highest BCUT2D eigenvalue weighted by Gasteiger charge is 2.25. The molecule has 7 heteroatoms. The van der Waals surface area contributed by atoms with Gasteiger partial charge in [-0.3, -0.25) is 9.69 Å². The van der Waals surface area contributed by atoms with Crippen LogP contribution in [0.15, 0.2) is 5.38 Å². The van der Waals surface area contributed by atoms with E-state index in [1.165, 1.54) is 0 Å². The van der Waals surface area contributed by atoms with Crippen LogP contribution in [-0.2, 0) is 16.1 Å². The minimum Gasteiger partial charge on any atom is -0.375 e. The fraction of sp³-hybridized carbons (Fsp3) is 0.733. The number of amides is 1. The lowest BCUT2D eigenvalue weighted by Gasteiger charge is -2.35. The van der Waals surface area contributed by atoms with Gasteiger partial charge in [0, 0.05) is 51.2 Å². The zero-order chi connectivity index (χ0) is 15.4. The van der Waals surface area contributed by atoms with E-state index in [0.717, 1.165) is 56.5 Å². The van der Waals surface area contributed by atoms with Crippen LogP contribution in [0, 0.1) is 6.92 Å². The molecule has 0 aliphatic carbocycles. The van der Waals surface area contributed by atoms with Crippen molar-refractivity contribution in [2.75, 3.05) is 45.9 Å². The zero-order valence-corrected chi connectivity index (χ0v) is 13.9. The SMILES string of the molecule is Cc1nc(CN2CCN(C(=O)CC3CNCCO3)CC2)cs1. The van der Waals surface area contributed by atoms with Gasteiger partial charge in [0.15, 0.2) is 0 Å². The average molecular weight is 324 g/mol. The molecule has 2 aliphatic rings. The molecule has 0 spiro atoms. The van der Waals surface area contributed by atoms with Gasteiger partial charge in [-0.1, -0.05) is 0 Å². The number of rotatable bonds is 4. The van der Waals surface area contributed by atoms with E-state index in [-0.39, 0.29) is 12.0 Å². The Morgan fingerprint density at radius 2 is 2.27 bits per heavy atom. The number of carbonyl (C=O) groups excluding carboxylic acids is 1. The Morgan fingerprint density at radius 3 is 2.91 bits per heavy atom. The van der Waals surface area contributed by atoms with Crippen molar-refractivity contribution in [1.29, 1.82) is 0 Å². The van der Waals surface area contributed by atoms with Gasteiger partial charge in [0.05, 0.1) is 29.8 Å². The summed E-state index contributed by atoms with van der Waals surface area (Å²) in [6.45, 7) is 8.77. The van der Waals surface area contributed by atoms with Gasteiger partial charge < -0.3 is 15.0 Å². The Kier molecular flexibility index (Phi) is 5.41. The molecule has 2 saturated heterocycles. The van der Waals surface area contributed by atoms with E-state index in [0.29, 0.717) is 13.0 Å². The second kappa shape index (κ2) is 7.50. The van der Waals surface area contributed by atoms with E-state index in [2.05, 4.69) is 20.6 Å². The van der Waals surface area contributed by atoms with Crippen molar-refractivity contribution in [2.45, 2.75) is 26.0 Å². The molecule has 1 atom stereocenters. The van der Waals surface area contributed by atoms with Gasteiger partial charge >= 0.3 is 0 Å². The second-order valence-corrected chi connectivity index (χ2v) is 6.98. The number of nitrogens with zero attached hydrogens (tertiary/aromatic N) is 3. The fourth-order valence-corrected chi connectivity index (χ4v) is 3.54. The summed E-state index contributed by atoms with van der Waals surface area (Å²) in [5.41, 5.74) is 1.14. The van der Waals surface area contributed by atoms with E-state index >= 15 is 0 Å². The number of aryl methyl sites for hydroxylation is 1. The van der Waals surface area contributed by atoms with Gasteiger partial charge in [-0.15, -0.1) is 11.3 Å². The minimum atomic E-state index is 0.0391. The molecule has 1 N–H and O–H groups in total. The topological polar surface area (TPSA) is 57.7 Å². The number of hydrogen-bond acceptors (Lipinski definition) is 6. The molecule has 0 aromatic carbocycles. The summed E-state index contributed by atoms with van der Waals surface area (Å²) in [6.07, 6.45) is 0.537. The van der Waals surface area contributed by atoms with Gasteiger partial charge in [-0.2, -0.15) is 0 Å². The minimum absolute atomic E-state index is 0.0391. The van der Waals surface area contributed by atoms with Crippen LogP contribution in [0.1, 0.15) is 17.1 Å². The summed E-state index contributed by atoms with van der Waals surface area (Å²) in [5.74, 6) is 0.220. The van der Waals surface area contributed by atoms with Crippen LogP contribution in [0.3, 0.4) is 0 Å².